The van der Waals surface area contributed by atoms with Gasteiger partial charge in [0.05, 0.1) is 17.8 Å². The Morgan fingerprint density at radius 1 is 1.04 bits per heavy atom. The summed E-state index contributed by atoms with van der Waals surface area (Å²) in [6, 6.07) is 10.5. The predicted octanol–water partition coefficient (Wildman–Crippen LogP) is 3.95. The molecule has 0 fully saturated rings. The SMILES string of the molecule is CCC(c1ccncc1)n1ccnc1-c1ccc2nsnc2c1. The largest absolute Gasteiger partial charge is 0.324 e. The minimum Gasteiger partial charge on any atom is -0.324 e. The third kappa shape index (κ3) is 2.51. The van der Waals surface area contributed by atoms with Gasteiger partial charge in [-0.3, -0.25) is 4.98 Å². The molecule has 0 radical (unpaired) electrons. The van der Waals surface area contributed by atoms with Crippen molar-refractivity contribution in [1.29, 1.82) is 0 Å². The lowest BCUT2D eigenvalue weighted by Crippen LogP contribution is -2.10. The van der Waals surface area contributed by atoms with Crippen LogP contribution in [0.4, 0.5) is 0 Å². The van der Waals surface area contributed by atoms with E-state index in [-0.39, 0.29) is 6.04 Å². The Kier molecular flexibility index (Phi) is 3.59. The molecule has 0 saturated heterocycles. The lowest BCUT2D eigenvalue weighted by Gasteiger charge is -2.19. The normalized spacial score (nSPS) is 12.6. The molecular weight excluding hydrogens is 306 g/mol. The molecule has 0 saturated carbocycles. The number of hydrogen-bond acceptors (Lipinski definition) is 5. The molecule has 0 aliphatic heterocycles. The summed E-state index contributed by atoms with van der Waals surface area (Å²) in [4.78, 5) is 8.69. The molecule has 1 aromatic carbocycles. The van der Waals surface area contributed by atoms with E-state index in [9.17, 15) is 0 Å². The van der Waals surface area contributed by atoms with E-state index < -0.39 is 0 Å². The summed E-state index contributed by atoms with van der Waals surface area (Å²) in [6.45, 7) is 2.18. The first kappa shape index (κ1) is 14.0. The number of aromatic nitrogens is 5. The first-order chi connectivity index (χ1) is 11.4. The van der Waals surface area contributed by atoms with E-state index in [2.05, 4.69) is 54.5 Å². The van der Waals surface area contributed by atoms with E-state index in [1.807, 2.05) is 30.9 Å². The van der Waals surface area contributed by atoms with Gasteiger partial charge in [0.25, 0.3) is 0 Å². The predicted molar refractivity (Wildman–Crippen MR) is 91.3 cm³/mol. The van der Waals surface area contributed by atoms with Gasteiger partial charge in [-0.1, -0.05) is 6.92 Å². The van der Waals surface area contributed by atoms with Crippen LogP contribution in [0.2, 0.25) is 0 Å². The highest BCUT2D eigenvalue weighted by Crippen LogP contribution is 2.29. The van der Waals surface area contributed by atoms with Crippen molar-refractivity contribution in [2.45, 2.75) is 19.4 Å². The summed E-state index contributed by atoms with van der Waals surface area (Å²) in [5.41, 5.74) is 4.14. The van der Waals surface area contributed by atoms with Crippen molar-refractivity contribution in [1.82, 2.24) is 23.3 Å². The Bertz CT molecular complexity index is 928. The van der Waals surface area contributed by atoms with Crippen LogP contribution in [0.25, 0.3) is 22.4 Å². The smallest absolute Gasteiger partial charge is 0.140 e. The van der Waals surface area contributed by atoms with E-state index in [1.54, 1.807) is 0 Å². The van der Waals surface area contributed by atoms with Gasteiger partial charge in [0, 0.05) is 30.4 Å². The van der Waals surface area contributed by atoms with Crippen molar-refractivity contribution < 1.29 is 0 Å². The number of imidazole rings is 1. The summed E-state index contributed by atoms with van der Waals surface area (Å²) >= 11 is 1.24. The number of hydrogen-bond donors (Lipinski definition) is 0. The molecule has 0 aliphatic carbocycles. The molecule has 3 heterocycles. The van der Waals surface area contributed by atoms with Crippen molar-refractivity contribution in [2.75, 3.05) is 0 Å². The van der Waals surface area contributed by atoms with Crippen LogP contribution in [-0.2, 0) is 0 Å². The van der Waals surface area contributed by atoms with Crippen molar-refractivity contribution in [3.8, 4) is 11.4 Å². The van der Waals surface area contributed by atoms with Gasteiger partial charge in [-0.15, -0.1) is 0 Å². The quantitative estimate of drug-likeness (QED) is 0.571. The van der Waals surface area contributed by atoms with E-state index in [4.69, 9.17) is 0 Å². The van der Waals surface area contributed by atoms with Gasteiger partial charge in [-0.05, 0) is 42.3 Å². The second kappa shape index (κ2) is 5.89. The van der Waals surface area contributed by atoms with Crippen molar-refractivity contribution in [3.05, 3.63) is 60.7 Å². The number of nitrogens with zero attached hydrogens (tertiary/aromatic N) is 5. The second-order valence-electron chi connectivity index (χ2n) is 5.33. The number of pyridine rings is 1. The van der Waals surface area contributed by atoms with Gasteiger partial charge in [0.15, 0.2) is 0 Å². The zero-order valence-electron chi connectivity index (χ0n) is 12.6. The summed E-state index contributed by atoms with van der Waals surface area (Å²) in [5, 5.41) is 0. The van der Waals surface area contributed by atoms with E-state index in [0.717, 1.165) is 28.8 Å². The topological polar surface area (TPSA) is 56.5 Å². The van der Waals surface area contributed by atoms with Crippen molar-refractivity contribution in [2.24, 2.45) is 0 Å². The van der Waals surface area contributed by atoms with Crippen LogP contribution < -0.4 is 0 Å². The van der Waals surface area contributed by atoms with Crippen molar-refractivity contribution >= 4 is 22.8 Å². The van der Waals surface area contributed by atoms with E-state index in [1.165, 1.54) is 17.3 Å². The standard InChI is InChI=1S/C17H15N5S/c1-2-16(12-5-7-18-8-6-12)22-10-9-19-17(22)13-3-4-14-15(11-13)21-23-20-14/h3-11,16H,2H2,1H3. The van der Waals surface area contributed by atoms with E-state index in [0.29, 0.717) is 0 Å². The average molecular weight is 321 g/mol. The number of rotatable bonds is 4. The second-order valence-corrected chi connectivity index (χ2v) is 5.86. The maximum absolute atomic E-state index is 4.57. The Balaban J connectivity index is 1.81. The Labute approximate surface area is 138 Å². The number of benzene rings is 1. The average Bonchev–Trinajstić information content (AvgIpc) is 3.25. The summed E-state index contributed by atoms with van der Waals surface area (Å²) in [6.07, 6.45) is 8.53. The molecule has 1 unspecified atom stereocenters. The van der Waals surface area contributed by atoms with Gasteiger partial charge < -0.3 is 4.57 Å². The van der Waals surface area contributed by atoms with Crippen LogP contribution in [0.15, 0.2) is 55.1 Å². The maximum Gasteiger partial charge on any atom is 0.140 e. The van der Waals surface area contributed by atoms with Gasteiger partial charge >= 0.3 is 0 Å². The minimum atomic E-state index is 0.236. The zero-order chi connectivity index (χ0) is 15.6. The lowest BCUT2D eigenvalue weighted by atomic mass is 10.1. The third-order valence-corrected chi connectivity index (χ3v) is 4.55. The van der Waals surface area contributed by atoms with Gasteiger partial charge in [0.1, 0.15) is 16.9 Å². The fourth-order valence-electron chi connectivity index (χ4n) is 2.89. The lowest BCUT2D eigenvalue weighted by molar-refractivity contribution is 0.571. The van der Waals surface area contributed by atoms with E-state index >= 15 is 0 Å². The van der Waals surface area contributed by atoms with Crippen LogP contribution >= 0.6 is 11.7 Å². The molecule has 1 atom stereocenters. The first-order valence-electron chi connectivity index (χ1n) is 7.52. The molecule has 23 heavy (non-hydrogen) atoms. The molecule has 0 amide bonds. The molecule has 4 rings (SSSR count). The van der Waals surface area contributed by atoms with Crippen LogP contribution in [0.5, 0.6) is 0 Å². The molecule has 5 nitrogen and oxygen atoms in total. The summed E-state index contributed by atoms with van der Waals surface area (Å²) in [5.74, 6) is 0.948. The highest BCUT2D eigenvalue weighted by molar-refractivity contribution is 7.00. The minimum absolute atomic E-state index is 0.236. The van der Waals surface area contributed by atoms with Gasteiger partial charge in [-0.25, -0.2) is 4.98 Å². The zero-order valence-corrected chi connectivity index (χ0v) is 13.4. The molecule has 114 valence electrons. The molecule has 0 bridgehead atoms. The molecule has 0 aliphatic rings. The summed E-state index contributed by atoms with van der Waals surface area (Å²) < 4.78 is 10.8. The fourth-order valence-corrected chi connectivity index (χ4v) is 3.41. The van der Waals surface area contributed by atoms with Crippen LogP contribution in [0.3, 0.4) is 0 Å². The molecular formula is C17H15N5S. The highest BCUT2D eigenvalue weighted by atomic mass is 32.1. The van der Waals surface area contributed by atoms with Crippen molar-refractivity contribution in [3.63, 3.8) is 0 Å². The maximum atomic E-state index is 4.57. The first-order valence-corrected chi connectivity index (χ1v) is 8.25. The van der Waals surface area contributed by atoms with Gasteiger partial charge in [0.2, 0.25) is 0 Å². The molecule has 3 aromatic heterocycles. The molecule has 6 heteroatoms. The van der Waals surface area contributed by atoms with Gasteiger partial charge in [-0.2, -0.15) is 8.75 Å². The molecule has 0 N–H and O–H groups in total. The number of fused-ring (bicyclic) bond motifs is 1. The summed E-state index contributed by atoms with van der Waals surface area (Å²) in [7, 11) is 0. The third-order valence-electron chi connectivity index (χ3n) is 3.99. The monoisotopic (exact) mass is 321 g/mol. The highest BCUT2D eigenvalue weighted by Gasteiger charge is 2.16. The van der Waals surface area contributed by atoms with Crippen LogP contribution in [0.1, 0.15) is 24.9 Å². The van der Waals surface area contributed by atoms with Crippen LogP contribution in [-0.4, -0.2) is 23.3 Å². The Morgan fingerprint density at radius 3 is 2.70 bits per heavy atom. The Morgan fingerprint density at radius 2 is 1.87 bits per heavy atom. The molecule has 4 aromatic rings. The van der Waals surface area contributed by atoms with Crippen LogP contribution in [0, 0.1) is 0 Å². The fraction of sp³-hybridized carbons (Fsp3) is 0.176. The Hall–Kier alpha value is -2.60. The molecule has 0 spiro atoms.